The Morgan fingerprint density at radius 3 is 2.57 bits per heavy atom. The molecule has 1 aromatic heterocycles. The molecular weight excluding hydrogens is 319 g/mol. The molecule has 5 nitrogen and oxygen atoms in total. The summed E-state index contributed by atoms with van der Waals surface area (Å²) >= 11 is 0. The predicted molar refractivity (Wildman–Crippen MR) is 81.9 cm³/mol. The zero-order valence-electron chi connectivity index (χ0n) is 11.9. The molecule has 2 atom stereocenters. The van der Waals surface area contributed by atoms with Crippen LogP contribution in [-0.4, -0.2) is 13.4 Å². The zero-order chi connectivity index (χ0) is 16.2. The summed E-state index contributed by atoms with van der Waals surface area (Å²) in [6.07, 6.45) is 0.865. The van der Waals surface area contributed by atoms with Crippen LogP contribution in [0.1, 0.15) is 29.7 Å². The first kappa shape index (κ1) is 14.3. The van der Waals surface area contributed by atoms with Crippen LogP contribution in [0.5, 0.6) is 0 Å². The first-order chi connectivity index (χ1) is 10.9. The third-order valence-electron chi connectivity index (χ3n) is 4.11. The lowest BCUT2D eigenvalue weighted by atomic mass is 10.1. The van der Waals surface area contributed by atoms with Crippen LogP contribution < -0.4 is 5.14 Å². The summed E-state index contributed by atoms with van der Waals surface area (Å²) in [5.41, 5.74) is 2.09. The van der Waals surface area contributed by atoms with Gasteiger partial charge in [0.1, 0.15) is 11.3 Å². The fraction of sp³-hybridized carbons (Fsp3) is 0.188. The first-order valence-electron chi connectivity index (χ1n) is 7.10. The fourth-order valence-electron chi connectivity index (χ4n) is 2.82. The van der Waals surface area contributed by atoms with E-state index in [9.17, 15) is 12.8 Å². The van der Waals surface area contributed by atoms with Gasteiger partial charge in [-0.1, -0.05) is 12.1 Å². The van der Waals surface area contributed by atoms with Crippen molar-refractivity contribution < 1.29 is 17.2 Å². The number of rotatable bonds is 3. The maximum absolute atomic E-state index is 13.2. The number of oxazole rings is 1. The molecular formula is C16H13FN2O3S. The minimum Gasteiger partial charge on any atom is -0.440 e. The third kappa shape index (κ3) is 2.62. The van der Waals surface area contributed by atoms with Gasteiger partial charge in [-0.3, -0.25) is 0 Å². The lowest BCUT2D eigenvalue weighted by Gasteiger charge is -2.01. The van der Waals surface area contributed by atoms with Gasteiger partial charge in [-0.05, 0) is 42.2 Å². The van der Waals surface area contributed by atoms with E-state index in [1.807, 2.05) is 0 Å². The van der Waals surface area contributed by atoms with Gasteiger partial charge in [0, 0.05) is 12.0 Å². The second-order valence-electron chi connectivity index (χ2n) is 5.73. The molecule has 23 heavy (non-hydrogen) atoms. The van der Waals surface area contributed by atoms with Crippen LogP contribution in [0.25, 0.3) is 11.1 Å². The SMILES string of the molecule is NS(=O)(=O)c1ccc([C@@H]2C[C@H]2c2nc3ccc(F)cc3o2)cc1. The van der Waals surface area contributed by atoms with Gasteiger partial charge >= 0.3 is 0 Å². The summed E-state index contributed by atoms with van der Waals surface area (Å²) in [7, 11) is -3.68. The number of hydrogen-bond acceptors (Lipinski definition) is 4. The molecule has 0 saturated heterocycles. The van der Waals surface area contributed by atoms with E-state index in [-0.39, 0.29) is 22.5 Å². The molecule has 1 heterocycles. The van der Waals surface area contributed by atoms with Crippen LogP contribution in [0.15, 0.2) is 51.8 Å². The molecule has 1 aliphatic rings. The van der Waals surface area contributed by atoms with Crippen molar-refractivity contribution in [3.63, 3.8) is 0 Å². The molecule has 0 aliphatic heterocycles. The van der Waals surface area contributed by atoms with Crippen molar-refractivity contribution in [2.75, 3.05) is 0 Å². The molecule has 0 radical (unpaired) electrons. The number of primary sulfonamides is 1. The number of fused-ring (bicyclic) bond motifs is 1. The number of sulfonamides is 1. The molecule has 4 rings (SSSR count). The summed E-state index contributed by atoms with van der Waals surface area (Å²) in [4.78, 5) is 4.49. The second kappa shape index (κ2) is 4.87. The zero-order valence-corrected chi connectivity index (χ0v) is 12.8. The minimum absolute atomic E-state index is 0.0933. The van der Waals surface area contributed by atoms with E-state index in [1.54, 1.807) is 18.2 Å². The van der Waals surface area contributed by atoms with Gasteiger partial charge in [-0.25, -0.2) is 22.9 Å². The molecule has 2 aromatic carbocycles. The summed E-state index contributed by atoms with van der Waals surface area (Å²) in [6, 6.07) is 10.8. The van der Waals surface area contributed by atoms with Crippen LogP contribution in [0.3, 0.4) is 0 Å². The highest BCUT2D eigenvalue weighted by Crippen LogP contribution is 2.54. The summed E-state index contributed by atoms with van der Waals surface area (Å²) in [5, 5.41) is 5.09. The quantitative estimate of drug-likeness (QED) is 0.799. The van der Waals surface area contributed by atoms with E-state index < -0.39 is 10.0 Å². The van der Waals surface area contributed by atoms with E-state index in [0.29, 0.717) is 17.0 Å². The van der Waals surface area contributed by atoms with Crippen LogP contribution in [-0.2, 0) is 10.0 Å². The number of halogens is 1. The van der Waals surface area contributed by atoms with Gasteiger partial charge < -0.3 is 4.42 Å². The van der Waals surface area contributed by atoms with Crippen molar-refractivity contribution in [3.05, 3.63) is 59.7 Å². The lowest BCUT2D eigenvalue weighted by molar-refractivity contribution is 0.526. The Kier molecular flexibility index (Phi) is 3.04. The van der Waals surface area contributed by atoms with Crippen LogP contribution in [0, 0.1) is 5.82 Å². The normalized spacial score (nSPS) is 20.8. The molecule has 0 amide bonds. The minimum atomic E-state index is -3.68. The largest absolute Gasteiger partial charge is 0.440 e. The lowest BCUT2D eigenvalue weighted by Crippen LogP contribution is -2.11. The smallest absolute Gasteiger partial charge is 0.238 e. The Hall–Kier alpha value is -2.25. The Bertz CT molecular complexity index is 996. The predicted octanol–water partition coefficient (Wildman–Crippen LogP) is 2.89. The highest BCUT2D eigenvalue weighted by atomic mass is 32.2. The third-order valence-corrected chi connectivity index (χ3v) is 5.04. The molecule has 0 unspecified atom stereocenters. The molecule has 1 saturated carbocycles. The average Bonchev–Trinajstić information content (AvgIpc) is 3.19. The average molecular weight is 332 g/mol. The van der Waals surface area contributed by atoms with Gasteiger partial charge in [-0.2, -0.15) is 0 Å². The Labute approximate surface area is 132 Å². The number of nitrogens with two attached hydrogens (primary N) is 1. The Morgan fingerprint density at radius 2 is 1.87 bits per heavy atom. The number of benzene rings is 2. The monoisotopic (exact) mass is 332 g/mol. The number of aromatic nitrogens is 1. The van der Waals surface area contributed by atoms with Crippen molar-refractivity contribution in [2.24, 2.45) is 5.14 Å². The molecule has 0 bridgehead atoms. The van der Waals surface area contributed by atoms with Gasteiger partial charge in [-0.15, -0.1) is 0 Å². The Morgan fingerprint density at radius 1 is 1.13 bits per heavy atom. The summed E-state index contributed by atoms with van der Waals surface area (Å²) in [6.45, 7) is 0. The summed E-state index contributed by atoms with van der Waals surface area (Å²) in [5.74, 6) is 0.588. The highest BCUT2D eigenvalue weighted by molar-refractivity contribution is 7.89. The maximum Gasteiger partial charge on any atom is 0.238 e. The van der Waals surface area contributed by atoms with Crippen LogP contribution >= 0.6 is 0 Å². The first-order valence-corrected chi connectivity index (χ1v) is 8.65. The Balaban J connectivity index is 1.59. The molecule has 2 N–H and O–H groups in total. The topological polar surface area (TPSA) is 86.2 Å². The molecule has 3 aromatic rings. The van der Waals surface area contributed by atoms with E-state index >= 15 is 0 Å². The van der Waals surface area contributed by atoms with E-state index in [4.69, 9.17) is 9.56 Å². The molecule has 118 valence electrons. The molecule has 0 spiro atoms. The van der Waals surface area contributed by atoms with Crippen molar-refractivity contribution in [1.82, 2.24) is 4.98 Å². The van der Waals surface area contributed by atoms with Gasteiger partial charge in [0.15, 0.2) is 11.5 Å². The molecule has 7 heteroatoms. The van der Waals surface area contributed by atoms with Gasteiger partial charge in [0.2, 0.25) is 10.0 Å². The van der Waals surface area contributed by atoms with Crippen molar-refractivity contribution in [2.45, 2.75) is 23.2 Å². The second-order valence-corrected chi connectivity index (χ2v) is 7.29. The molecule has 1 fully saturated rings. The highest BCUT2D eigenvalue weighted by Gasteiger charge is 2.43. The maximum atomic E-state index is 13.2. The van der Waals surface area contributed by atoms with Crippen molar-refractivity contribution in [1.29, 1.82) is 0 Å². The fourth-order valence-corrected chi connectivity index (χ4v) is 3.33. The van der Waals surface area contributed by atoms with E-state index in [1.165, 1.54) is 24.3 Å². The van der Waals surface area contributed by atoms with Crippen molar-refractivity contribution in [3.8, 4) is 0 Å². The van der Waals surface area contributed by atoms with Crippen molar-refractivity contribution >= 4 is 21.1 Å². The molecule has 1 aliphatic carbocycles. The number of hydrogen-bond donors (Lipinski definition) is 1. The van der Waals surface area contributed by atoms with E-state index in [0.717, 1.165) is 12.0 Å². The van der Waals surface area contributed by atoms with E-state index in [2.05, 4.69) is 4.98 Å². The van der Waals surface area contributed by atoms with Crippen LogP contribution in [0.2, 0.25) is 0 Å². The number of nitrogens with zero attached hydrogens (tertiary/aromatic N) is 1. The van der Waals surface area contributed by atoms with Gasteiger partial charge in [0.25, 0.3) is 0 Å². The van der Waals surface area contributed by atoms with Crippen LogP contribution in [0.4, 0.5) is 4.39 Å². The standard InChI is InChI=1S/C16H13FN2O3S/c17-10-3-6-14-15(7-10)22-16(19-14)13-8-12(13)9-1-4-11(5-2-9)23(18,20)21/h1-7,12-13H,8H2,(H2,18,20,21)/t12-,13+/m0/s1. The summed E-state index contributed by atoms with van der Waals surface area (Å²) < 4.78 is 41.4. The van der Waals surface area contributed by atoms with Gasteiger partial charge in [0.05, 0.1) is 4.90 Å².